The van der Waals surface area contributed by atoms with Gasteiger partial charge in [0.15, 0.2) is 5.78 Å². The van der Waals surface area contributed by atoms with Crippen LogP contribution in [0.2, 0.25) is 0 Å². The largest absolute Gasteiger partial charge is 0.496 e. The maximum atomic E-state index is 12.0. The van der Waals surface area contributed by atoms with E-state index in [9.17, 15) is 4.79 Å². The van der Waals surface area contributed by atoms with E-state index in [1.54, 1.807) is 42.5 Å². The minimum atomic E-state index is -0.0843. The van der Waals surface area contributed by atoms with E-state index in [-0.39, 0.29) is 5.78 Å². The summed E-state index contributed by atoms with van der Waals surface area (Å²) in [6, 6.07) is 5.42. The second-order valence-electron chi connectivity index (χ2n) is 3.60. The monoisotopic (exact) mass is 292 g/mol. The molecule has 0 aliphatic carbocycles. The van der Waals surface area contributed by atoms with Crippen LogP contribution in [-0.4, -0.2) is 28.7 Å². The standard InChI is InChI=1S/C13H12N2O2S2/c1-17-12-7-9(3-6-13(12)18-2)11(16)5-4-10-8-19-15-14-10/h3-8H,1-2H3/b5-4+. The summed E-state index contributed by atoms with van der Waals surface area (Å²) in [7, 11) is 1.60. The number of thioether (sulfide) groups is 1. The Labute approximate surface area is 119 Å². The van der Waals surface area contributed by atoms with Gasteiger partial charge in [-0.1, -0.05) is 4.49 Å². The SMILES string of the molecule is COc1cc(C(=O)/C=C/c2csnn2)ccc1SC. The zero-order valence-corrected chi connectivity index (χ0v) is 12.1. The number of hydrogen-bond donors (Lipinski definition) is 0. The van der Waals surface area contributed by atoms with Crippen molar-refractivity contribution in [2.24, 2.45) is 0 Å². The number of methoxy groups -OCH3 is 1. The molecule has 19 heavy (non-hydrogen) atoms. The van der Waals surface area contributed by atoms with E-state index in [1.165, 1.54) is 17.6 Å². The Hall–Kier alpha value is -1.66. The smallest absolute Gasteiger partial charge is 0.186 e. The van der Waals surface area contributed by atoms with E-state index >= 15 is 0 Å². The van der Waals surface area contributed by atoms with E-state index in [0.717, 1.165) is 4.90 Å². The number of benzene rings is 1. The van der Waals surface area contributed by atoms with Crippen molar-refractivity contribution in [1.29, 1.82) is 0 Å². The van der Waals surface area contributed by atoms with Gasteiger partial charge in [0.25, 0.3) is 0 Å². The molecule has 98 valence electrons. The number of rotatable bonds is 5. The van der Waals surface area contributed by atoms with Crippen LogP contribution in [0.4, 0.5) is 0 Å². The van der Waals surface area contributed by atoms with Crippen LogP contribution in [0.5, 0.6) is 5.75 Å². The lowest BCUT2D eigenvalue weighted by Crippen LogP contribution is -1.96. The molecule has 6 heteroatoms. The fourth-order valence-electron chi connectivity index (χ4n) is 1.49. The van der Waals surface area contributed by atoms with Crippen molar-refractivity contribution in [1.82, 2.24) is 9.59 Å². The minimum absolute atomic E-state index is 0.0843. The molecule has 0 atom stereocenters. The molecule has 0 unspecified atom stereocenters. The molecule has 0 fully saturated rings. The van der Waals surface area contributed by atoms with Gasteiger partial charge >= 0.3 is 0 Å². The van der Waals surface area contributed by atoms with E-state index in [1.807, 2.05) is 12.3 Å². The van der Waals surface area contributed by atoms with Crippen LogP contribution in [0.15, 0.2) is 34.6 Å². The molecule has 1 heterocycles. The second kappa shape index (κ2) is 6.49. The molecule has 0 aliphatic heterocycles. The molecule has 2 rings (SSSR count). The Kier molecular flexibility index (Phi) is 4.70. The third-order valence-electron chi connectivity index (χ3n) is 2.45. The van der Waals surface area contributed by atoms with Crippen molar-refractivity contribution in [3.8, 4) is 5.75 Å². The molecule has 1 aromatic carbocycles. The molecule has 0 radical (unpaired) electrons. The summed E-state index contributed by atoms with van der Waals surface area (Å²) in [5, 5.41) is 5.62. The van der Waals surface area contributed by atoms with Crippen molar-refractivity contribution < 1.29 is 9.53 Å². The number of allylic oxidation sites excluding steroid dienone is 1. The van der Waals surface area contributed by atoms with Crippen LogP contribution in [0.3, 0.4) is 0 Å². The van der Waals surface area contributed by atoms with Crippen LogP contribution in [0, 0.1) is 0 Å². The van der Waals surface area contributed by atoms with Gasteiger partial charge in [0.1, 0.15) is 5.75 Å². The Morgan fingerprint density at radius 2 is 2.32 bits per heavy atom. The van der Waals surface area contributed by atoms with Gasteiger partial charge in [0, 0.05) is 15.8 Å². The highest BCUT2D eigenvalue weighted by atomic mass is 32.2. The number of carbonyl (C=O) groups is 1. The highest BCUT2D eigenvalue weighted by molar-refractivity contribution is 7.98. The van der Waals surface area contributed by atoms with E-state index in [0.29, 0.717) is 17.0 Å². The average Bonchev–Trinajstić information content (AvgIpc) is 2.97. The predicted octanol–water partition coefficient (Wildman–Crippen LogP) is 3.16. The van der Waals surface area contributed by atoms with Crippen LogP contribution >= 0.6 is 23.3 Å². The summed E-state index contributed by atoms with van der Waals surface area (Å²) >= 11 is 2.83. The fraction of sp³-hybridized carbons (Fsp3) is 0.154. The number of carbonyl (C=O) groups excluding carboxylic acids is 1. The summed E-state index contributed by atoms with van der Waals surface area (Å²) in [6.07, 6.45) is 5.11. The first-order valence-corrected chi connectivity index (χ1v) is 7.52. The topological polar surface area (TPSA) is 52.1 Å². The summed E-state index contributed by atoms with van der Waals surface area (Å²) < 4.78 is 8.99. The molecule has 0 aliphatic rings. The highest BCUT2D eigenvalue weighted by Crippen LogP contribution is 2.28. The highest BCUT2D eigenvalue weighted by Gasteiger charge is 2.07. The summed E-state index contributed by atoms with van der Waals surface area (Å²) in [4.78, 5) is 13.0. The van der Waals surface area contributed by atoms with E-state index in [2.05, 4.69) is 9.59 Å². The normalized spacial score (nSPS) is 10.8. The molecule has 0 spiro atoms. The van der Waals surface area contributed by atoms with Gasteiger partial charge < -0.3 is 4.74 Å². The first-order chi connectivity index (χ1) is 9.24. The van der Waals surface area contributed by atoms with Gasteiger partial charge in [-0.05, 0) is 48.1 Å². The third-order valence-corrected chi connectivity index (χ3v) is 3.75. The average molecular weight is 292 g/mol. The Bertz CT molecular complexity index is 595. The number of aromatic nitrogens is 2. The van der Waals surface area contributed by atoms with Crippen LogP contribution in [-0.2, 0) is 0 Å². The molecule has 0 N–H and O–H groups in total. The maximum absolute atomic E-state index is 12.0. The van der Waals surface area contributed by atoms with Gasteiger partial charge in [-0.15, -0.1) is 16.9 Å². The predicted molar refractivity (Wildman–Crippen MR) is 78.0 cm³/mol. The lowest BCUT2D eigenvalue weighted by Gasteiger charge is -2.07. The van der Waals surface area contributed by atoms with Crippen LogP contribution < -0.4 is 4.74 Å². The van der Waals surface area contributed by atoms with Gasteiger partial charge in [-0.2, -0.15) is 0 Å². The van der Waals surface area contributed by atoms with Crippen LogP contribution in [0.25, 0.3) is 6.08 Å². The van der Waals surface area contributed by atoms with E-state index < -0.39 is 0 Å². The maximum Gasteiger partial charge on any atom is 0.186 e. The summed E-state index contributed by atoms with van der Waals surface area (Å²) in [5.41, 5.74) is 1.28. The Morgan fingerprint density at radius 1 is 1.47 bits per heavy atom. The lowest BCUT2D eigenvalue weighted by atomic mass is 10.1. The van der Waals surface area contributed by atoms with E-state index in [4.69, 9.17) is 4.74 Å². The molecule has 4 nitrogen and oxygen atoms in total. The molecule has 0 bridgehead atoms. The number of nitrogens with zero attached hydrogens (tertiary/aromatic N) is 2. The number of ether oxygens (including phenoxy) is 1. The van der Waals surface area contributed by atoms with Gasteiger partial charge in [-0.25, -0.2) is 0 Å². The fourth-order valence-corrected chi connectivity index (χ4v) is 2.46. The summed E-state index contributed by atoms with van der Waals surface area (Å²) in [6.45, 7) is 0. The molecule has 1 aromatic heterocycles. The molecule has 2 aromatic rings. The van der Waals surface area contributed by atoms with Gasteiger partial charge in [0.2, 0.25) is 0 Å². The first kappa shape index (κ1) is 13.8. The van der Waals surface area contributed by atoms with Crippen molar-refractivity contribution in [2.75, 3.05) is 13.4 Å². The minimum Gasteiger partial charge on any atom is -0.496 e. The number of hydrogen-bond acceptors (Lipinski definition) is 6. The molecule has 0 saturated heterocycles. The number of ketones is 1. The Morgan fingerprint density at radius 3 is 2.95 bits per heavy atom. The molecular formula is C13H12N2O2S2. The van der Waals surface area contributed by atoms with Crippen molar-refractivity contribution in [3.05, 3.63) is 40.9 Å². The van der Waals surface area contributed by atoms with Crippen LogP contribution in [0.1, 0.15) is 16.1 Å². The zero-order valence-electron chi connectivity index (χ0n) is 10.5. The van der Waals surface area contributed by atoms with Crippen molar-refractivity contribution in [2.45, 2.75) is 4.90 Å². The van der Waals surface area contributed by atoms with Crippen molar-refractivity contribution in [3.63, 3.8) is 0 Å². The molecule has 0 amide bonds. The zero-order chi connectivity index (χ0) is 13.7. The third kappa shape index (κ3) is 3.42. The molecule has 0 saturated carbocycles. The first-order valence-electron chi connectivity index (χ1n) is 5.46. The summed E-state index contributed by atoms with van der Waals surface area (Å²) in [5.74, 6) is 0.626. The lowest BCUT2D eigenvalue weighted by molar-refractivity contribution is 0.104. The second-order valence-corrected chi connectivity index (χ2v) is 5.06. The quantitative estimate of drug-likeness (QED) is 0.481. The Balaban J connectivity index is 2.19. The molecular weight excluding hydrogens is 280 g/mol. The van der Waals surface area contributed by atoms with Gasteiger partial charge in [0.05, 0.1) is 12.8 Å². The van der Waals surface area contributed by atoms with Gasteiger partial charge in [-0.3, -0.25) is 4.79 Å². The van der Waals surface area contributed by atoms with Crippen molar-refractivity contribution >= 4 is 35.2 Å².